The summed E-state index contributed by atoms with van der Waals surface area (Å²) in [7, 11) is -6.48. The summed E-state index contributed by atoms with van der Waals surface area (Å²) in [6.07, 6.45) is 1.48. The summed E-state index contributed by atoms with van der Waals surface area (Å²) < 4.78 is 51.8. The van der Waals surface area contributed by atoms with Crippen LogP contribution in [0, 0.1) is 0 Å². The predicted molar refractivity (Wildman–Crippen MR) is 84.0 cm³/mol. The van der Waals surface area contributed by atoms with Crippen LogP contribution in [0.3, 0.4) is 0 Å². The van der Waals surface area contributed by atoms with Crippen LogP contribution in [-0.2, 0) is 24.8 Å². The SMILES string of the molecule is CCCC[C@H](NS(=O)(=O)c1ccc(S(=O)(=O)NC)cc1)C(=O)O. The summed E-state index contributed by atoms with van der Waals surface area (Å²) in [5, 5.41) is 9.08. The second-order valence-corrected chi connectivity index (χ2v) is 8.43. The number of sulfonamides is 2. The lowest BCUT2D eigenvalue weighted by molar-refractivity contribution is -0.139. The summed E-state index contributed by atoms with van der Waals surface area (Å²) in [5.74, 6) is -1.25. The van der Waals surface area contributed by atoms with Crippen LogP contribution in [0.5, 0.6) is 0 Å². The Hall–Kier alpha value is -1.49. The fraction of sp³-hybridized carbons (Fsp3) is 0.462. The Bertz CT molecular complexity index is 741. The summed E-state index contributed by atoms with van der Waals surface area (Å²) in [6, 6.07) is 3.29. The minimum atomic E-state index is -4.05. The Labute approximate surface area is 136 Å². The molecule has 0 saturated carbocycles. The van der Waals surface area contributed by atoms with Crippen LogP contribution in [0.1, 0.15) is 26.2 Å². The molecule has 0 aliphatic rings. The number of rotatable bonds is 9. The average molecular weight is 364 g/mol. The third-order valence-electron chi connectivity index (χ3n) is 3.15. The molecule has 0 radical (unpaired) electrons. The van der Waals surface area contributed by atoms with E-state index < -0.39 is 32.1 Å². The van der Waals surface area contributed by atoms with Gasteiger partial charge in [-0.25, -0.2) is 21.6 Å². The predicted octanol–water partition coefficient (Wildman–Crippen LogP) is 0.516. The van der Waals surface area contributed by atoms with Crippen molar-refractivity contribution < 1.29 is 26.7 Å². The Morgan fingerprint density at radius 3 is 1.96 bits per heavy atom. The maximum Gasteiger partial charge on any atom is 0.321 e. The van der Waals surface area contributed by atoms with E-state index in [2.05, 4.69) is 9.44 Å². The zero-order valence-electron chi connectivity index (χ0n) is 12.8. The highest BCUT2D eigenvalue weighted by Gasteiger charge is 2.25. The fourth-order valence-corrected chi connectivity index (χ4v) is 3.77. The van der Waals surface area contributed by atoms with Crippen molar-refractivity contribution in [3.63, 3.8) is 0 Å². The Kier molecular flexibility index (Phi) is 6.69. The van der Waals surface area contributed by atoms with Crippen LogP contribution in [-0.4, -0.2) is 41.0 Å². The van der Waals surface area contributed by atoms with Crippen molar-refractivity contribution in [1.82, 2.24) is 9.44 Å². The van der Waals surface area contributed by atoms with E-state index in [4.69, 9.17) is 5.11 Å². The van der Waals surface area contributed by atoms with Gasteiger partial charge in [-0.15, -0.1) is 0 Å². The molecule has 130 valence electrons. The minimum absolute atomic E-state index is 0.0836. The molecular weight excluding hydrogens is 344 g/mol. The Morgan fingerprint density at radius 1 is 1.09 bits per heavy atom. The minimum Gasteiger partial charge on any atom is -0.480 e. The normalized spacial score (nSPS) is 13.7. The molecule has 0 bridgehead atoms. The van der Waals surface area contributed by atoms with Crippen LogP contribution < -0.4 is 9.44 Å². The third kappa shape index (κ3) is 5.27. The molecular formula is C13H20N2O6S2. The van der Waals surface area contributed by atoms with E-state index in [0.29, 0.717) is 6.42 Å². The average Bonchev–Trinajstić information content (AvgIpc) is 2.51. The highest BCUT2D eigenvalue weighted by Crippen LogP contribution is 2.15. The standard InChI is InChI=1S/C13H20N2O6S2/c1-3-4-5-12(13(16)17)15-23(20,21)11-8-6-10(7-9-11)22(18,19)14-2/h6-9,12,14-15H,3-5H2,1-2H3,(H,16,17)/t12-/m0/s1. The maximum absolute atomic E-state index is 12.2. The van der Waals surface area contributed by atoms with E-state index in [1.165, 1.54) is 7.05 Å². The van der Waals surface area contributed by atoms with Crippen LogP contribution in [0.4, 0.5) is 0 Å². The molecule has 1 aromatic rings. The van der Waals surface area contributed by atoms with Crippen molar-refractivity contribution in [3.05, 3.63) is 24.3 Å². The molecule has 0 fully saturated rings. The van der Waals surface area contributed by atoms with E-state index in [-0.39, 0.29) is 16.2 Å². The molecule has 0 saturated heterocycles. The smallest absolute Gasteiger partial charge is 0.321 e. The number of benzene rings is 1. The van der Waals surface area contributed by atoms with Gasteiger partial charge in [-0.2, -0.15) is 4.72 Å². The van der Waals surface area contributed by atoms with Crippen molar-refractivity contribution in [2.45, 2.75) is 42.0 Å². The van der Waals surface area contributed by atoms with Crippen LogP contribution in [0.25, 0.3) is 0 Å². The van der Waals surface area contributed by atoms with Crippen LogP contribution >= 0.6 is 0 Å². The molecule has 0 heterocycles. The molecule has 0 amide bonds. The lowest BCUT2D eigenvalue weighted by Gasteiger charge is -2.14. The Balaban J connectivity index is 3.02. The number of hydrogen-bond donors (Lipinski definition) is 3. The van der Waals surface area contributed by atoms with E-state index in [1.54, 1.807) is 0 Å². The van der Waals surface area contributed by atoms with Gasteiger partial charge in [-0.1, -0.05) is 19.8 Å². The summed E-state index contributed by atoms with van der Waals surface area (Å²) in [4.78, 5) is 10.8. The number of carbonyl (C=O) groups is 1. The van der Waals surface area contributed by atoms with Crippen molar-refractivity contribution in [2.24, 2.45) is 0 Å². The number of unbranched alkanes of at least 4 members (excludes halogenated alkanes) is 1. The molecule has 0 aliphatic carbocycles. The molecule has 1 rings (SSSR count). The first-order valence-corrected chi connectivity index (χ1v) is 9.89. The molecule has 10 heteroatoms. The number of nitrogens with one attached hydrogen (secondary N) is 2. The van der Waals surface area contributed by atoms with Gasteiger partial charge in [0.2, 0.25) is 20.0 Å². The molecule has 23 heavy (non-hydrogen) atoms. The van der Waals surface area contributed by atoms with Crippen molar-refractivity contribution in [1.29, 1.82) is 0 Å². The van der Waals surface area contributed by atoms with Gasteiger partial charge in [0.1, 0.15) is 6.04 Å². The zero-order chi connectivity index (χ0) is 17.7. The monoisotopic (exact) mass is 364 g/mol. The highest BCUT2D eigenvalue weighted by atomic mass is 32.2. The first kappa shape index (κ1) is 19.6. The maximum atomic E-state index is 12.2. The van der Waals surface area contributed by atoms with E-state index in [0.717, 1.165) is 30.7 Å². The van der Waals surface area contributed by atoms with Crippen molar-refractivity contribution in [2.75, 3.05) is 7.05 Å². The molecule has 0 unspecified atom stereocenters. The third-order valence-corrected chi connectivity index (χ3v) is 6.07. The molecule has 3 N–H and O–H groups in total. The quantitative estimate of drug-likeness (QED) is 0.585. The van der Waals surface area contributed by atoms with E-state index in [1.807, 2.05) is 6.92 Å². The number of hydrogen-bond acceptors (Lipinski definition) is 5. The number of aliphatic carboxylic acids is 1. The van der Waals surface area contributed by atoms with E-state index in [9.17, 15) is 21.6 Å². The van der Waals surface area contributed by atoms with Crippen LogP contribution in [0.2, 0.25) is 0 Å². The molecule has 1 aromatic carbocycles. The largest absolute Gasteiger partial charge is 0.480 e. The van der Waals surface area contributed by atoms with Crippen LogP contribution in [0.15, 0.2) is 34.1 Å². The lowest BCUT2D eigenvalue weighted by Crippen LogP contribution is -2.40. The first-order chi connectivity index (χ1) is 10.6. The van der Waals surface area contributed by atoms with Gasteiger partial charge < -0.3 is 5.11 Å². The lowest BCUT2D eigenvalue weighted by atomic mass is 10.1. The molecule has 0 aromatic heterocycles. The number of carboxylic acids is 1. The Morgan fingerprint density at radius 2 is 1.57 bits per heavy atom. The highest BCUT2D eigenvalue weighted by molar-refractivity contribution is 7.90. The fourth-order valence-electron chi connectivity index (χ4n) is 1.81. The zero-order valence-corrected chi connectivity index (χ0v) is 14.4. The molecule has 0 spiro atoms. The molecule has 8 nitrogen and oxygen atoms in total. The molecule has 0 aliphatic heterocycles. The first-order valence-electron chi connectivity index (χ1n) is 6.92. The van der Waals surface area contributed by atoms with Crippen molar-refractivity contribution in [3.8, 4) is 0 Å². The van der Waals surface area contributed by atoms with Gasteiger partial charge in [0.25, 0.3) is 0 Å². The number of carboxylic acid groups (broad SMARTS) is 1. The second kappa shape index (κ2) is 7.86. The van der Waals surface area contributed by atoms with Crippen molar-refractivity contribution >= 4 is 26.0 Å². The second-order valence-electron chi connectivity index (χ2n) is 4.83. The summed E-state index contributed by atoms with van der Waals surface area (Å²) >= 11 is 0. The van der Waals surface area contributed by atoms with Gasteiger partial charge in [0, 0.05) is 0 Å². The van der Waals surface area contributed by atoms with Gasteiger partial charge in [-0.3, -0.25) is 4.79 Å². The van der Waals surface area contributed by atoms with E-state index >= 15 is 0 Å². The molecule has 1 atom stereocenters. The summed E-state index contributed by atoms with van der Waals surface area (Å²) in [5.41, 5.74) is 0. The van der Waals surface area contributed by atoms with Gasteiger partial charge >= 0.3 is 5.97 Å². The summed E-state index contributed by atoms with van der Waals surface area (Å²) in [6.45, 7) is 1.87. The van der Waals surface area contributed by atoms with Gasteiger partial charge in [0.15, 0.2) is 0 Å². The van der Waals surface area contributed by atoms with Gasteiger partial charge in [0.05, 0.1) is 9.79 Å². The van der Waals surface area contributed by atoms with Gasteiger partial charge in [-0.05, 0) is 37.7 Å². The topological polar surface area (TPSA) is 130 Å².